The second-order valence-corrected chi connectivity index (χ2v) is 4.27. The summed E-state index contributed by atoms with van der Waals surface area (Å²) in [5.41, 5.74) is 5.64. The summed E-state index contributed by atoms with van der Waals surface area (Å²) in [6.07, 6.45) is 3.85. The highest BCUT2D eigenvalue weighted by atomic mass is 15.3. The van der Waals surface area contributed by atoms with Crippen LogP contribution in [0.5, 0.6) is 0 Å². The molecule has 1 fully saturated rings. The third kappa shape index (κ3) is 1.43. The Labute approximate surface area is 84.5 Å². The Balaban J connectivity index is 2.33. The van der Waals surface area contributed by atoms with Crippen LogP contribution in [0.1, 0.15) is 56.7 Å². The molecule has 1 aliphatic rings. The predicted octanol–water partition coefficient (Wildman–Crippen LogP) is 1.59. The Morgan fingerprint density at radius 3 is 2.57 bits per heavy atom. The SMILES string of the molecule is CC(C)n1c(CN)nnc1C1CCC1. The maximum atomic E-state index is 5.64. The van der Waals surface area contributed by atoms with Crippen molar-refractivity contribution in [2.75, 3.05) is 0 Å². The van der Waals surface area contributed by atoms with Crippen LogP contribution in [0.25, 0.3) is 0 Å². The molecule has 0 aliphatic heterocycles. The molecular weight excluding hydrogens is 176 g/mol. The van der Waals surface area contributed by atoms with Crippen LogP contribution in [-0.4, -0.2) is 14.8 Å². The van der Waals surface area contributed by atoms with Gasteiger partial charge in [0.15, 0.2) is 0 Å². The quantitative estimate of drug-likeness (QED) is 0.794. The minimum atomic E-state index is 0.416. The van der Waals surface area contributed by atoms with Crippen LogP contribution in [-0.2, 0) is 6.54 Å². The highest BCUT2D eigenvalue weighted by Gasteiger charge is 2.26. The molecule has 0 unspecified atom stereocenters. The third-order valence-electron chi connectivity index (χ3n) is 2.96. The van der Waals surface area contributed by atoms with E-state index in [0.717, 1.165) is 11.6 Å². The van der Waals surface area contributed by atoms with Crippen LogP contribution in [0.3, 0.4) is 0 Å². The molecule has 1 aliphatic carbocycles. The minimum Gasteiger partial charge on any atom is -0.324 e. The number of hydrogen-bond donors (Lipinski definition) is 1. The average Bonchev–Trinajstić information content (AvgIpc) is 2.44. The standard InChI is InChI=1S/C10H18N4/c1-7(2)14-9(6-11)12-13-10(14)8-4-3-5-8/h7-8H,3-6,11H2,1-2H3. The van der Waals surface area contributed by atoms with E-state index in [-0.39, 0.29) is 0 Å². The van der Waals surface area contributed by atoms with E-state index in [2.05, 4.69) is 28.6 Å². The summed E-state index contributed by atoms with van der Waals surface area (Å²) >= 11 is 0. The van der Waals surface area contributed by atoms with Crippen molar-refractivity contribution < 1.29 is 0 Å². The van der Waals surface area contributed by atoms with Crippen molar-refractivity contribution >= 4 is 0 Å². The van der Waals surface area contributed by atoms with E-state index in [1.54, 1.807) is 0 Å². The van der Waals surface area contributed by atoms with Crippen LogP contribution >= 0.6 is 0 Å². The molecule has 0 spiro atoms. The van der Waals surface area contributed by atoms with Crippen LogP contribution in [0.4, 0.5) is 0 Å². The van der Waals surface area contributed by atoms with Crippen molar-refractivity contribution in [1.82, 2.24) is 14.8 Å². The highest BCUT2D eigenvalue weighted by molar-refractivity contribution is 5.06. The van der Waals surface area contributed by atoms with Gasteiger partial charge in [0, 0.05) is 12.0 Å². The topological polar surface area (TPSA) is 56.7 Å². The summed E-state index contributed by atoms with van der Waals surface area (Å²) in [7, 11) is 0. The van der Waals surface area contributed by atoms with Crippen molar-refractivity contribution in [2.45, 2.75) is 51.6 Å². The molecule has 1 aromatic heterocycles. The molecule has 0 bridgehead atoms. The summed E-state index contributed by atoms with van der Waals surface area (Å²) in [5, 5.41) is 8.41. The van der Waals surface area contributed by atoms with Gasteiger partial charge in [0.25, 0.3) is 0 Å². The fourth-order valence-electron chi connectivity index (χ4n) is 1.98. The third-order valence-corrected chi connectivity index (χ3v) is 2.96. The number of aromatic nitrogens is 3. The summed E-state index contributed by atoms with van der Waals surface area (Å²) in [6.45, 7) is 4.80. The Bertz CT molecular complexity index is 312. The molecule has 4 heteroatoms. The van der Waals surface area contributed by atoms with Gasteiger partial charge in [-0.25, -0.2) is 0 Å². The number of rotatable bonds is 3. The molecule has 0 radical (unpaired) electrons. The lowest BCUT2D eigenvalue weighted by molar-refractivity contribution is 0.376. The van der Waals surface area contributed by atoms with Crippen LogP contribution < -0.4 is 5.73 Å². The summed E-state index contributed by atoms with van der Waals surface area (Å²) in [6, 6.07) is 0.416. The Hall–Kier alpha value is -0.900. The lowest BCUT2D eigenvalue weighted by atomic mass is 9.84. The van der Waals surface area contributed by atoms with Crippen molar-refractivity contribution in [3.8, 4) is 0 Å². The normalized spacial score (nSPS) is 17.4. The van der Waals surface area contributed by atoms with Gasteiger partial charge >= 0.3 is 0 Å². The number of hydrogen-bond acceptors (Lipinski definition) is 3. The lowest BCUT2D eigenvalue weighted by Crippen LogP contribution is -2.19. The van der Waals surface area contributed by atoms with E-state index in [1.165, 1.54) is 19.3 Å². The first-order valence-electron chi connectivity index (χ1n) is 5.37. The first-order chi connectivity index (χ1) is 6.74. The van der Waals surface area contributed by atoms with Gasteiger partial charge in [-0.05, 0) is 26.7 Å². The predicted molar refractivity (Wildman–Crippen MR) is 54.9 cm³/mol. The van der Waals surface area contributed by atoms with Crippen LogP contribution in [0, 0.1) is 0 Å². The second-order valence-electron chi connectivity index (χ2n) is 4.27. The lowest BCUT2D eigenvalue weighted by Gasteiger charge is -2.26. The van der Waals surface area contributed by atoms with Crippen molar-refractivity contribution in [2.24, 2.45) is 5.73 Å². The fourth-order valence-corrected chi connectivity index (χ4v) is 1.98. The van der Waals surface area contributed by atoms with E-state index in [4.69, 9.17) is 5.73 Å². The van der Waals surface area contributed by atoms with Gasteiger partial charge in [0.1, 0.15) is 11.6 Å². The van der Waals surface area contributed by atoms with Crippen LogP contribution in [0.15, 0.2) is 0 Å². The molecule has 4 nitrogen and oxygen atoms in total. The number of nitrogens with two attached hydrogens (primary N) is 1. The second kappa shape index (κ2) is 3.69. The Morgan fingerprint density at radius 2 is 2.14 bits per heavy atom. The fraction of sp³-hybridized carbons (Fsp3) is 0.800. The monoisotopic (exact) mass is 194 g/mol. The summed E-state index contributed by atoms with van der Waals surface area (Å²) < 4.78 is 2.20. The van der Waals surface area contributed by atoms with Crippen molar-refractivity contribution in [3.63, 3.8) is 0 Å². The average molecular weight is 194 g/mol. The van der Waals surface area contributed by atoms with E-state index in [0.29, 0.717) is 18.5 Å². The van der Waals surface area contributed by atoms with E-state index in [9.17, 15) is 0 Å². The summed E-state index contributed by atoms with van der Waals surface area (Å²) in [5.74, 6) is 2.69. The molecule has 1 heterocycles. The molecule has 1 aromatic rings. The van der Waals surface area contributed by atoms with E-state index >= 15 is 0 Å². The van der Waals surface area contributed by atoms with E-state index < -0.39 is 0 Å². The zero-order valence-corrected chi connectivity index (χ0v) is 8.90. The van der Waals surface area contributed by atoms with Crippen molar-refractivity contribution in [1.29, 1.82) is 0 Å². The first kappa shape index (κ1) is 9.65. The molecule has 0 saturated heterocycles. The van der Waals surface area contributed by atoms with Gasteiger partial charge in [-0.1, -0.05) is 6.42 Å². The molecule has 0 atom stereocenters. The smallest absolute Gasteiger partial charge is 0.147 e. The maximum Gasteiger partial charge on any atom is 0.147 e. The van der Waals surface area contributed by atoms with Crippen LogP contribution in [0.2, 0.25) is 0 Å². The Morgan fingerprint density at radius 1 is 1.43 bits per heavy atom. The maximum absolute atomic E-state index is 5.64. The molecule has 1 saturated carbocycles. The summed E-state index contributed by atoms with van der Waals surface area (Å²) in [4.78, 5) is 0. The zero-order valence-electron chi connectivity index (χ0n) is 8.90. The minimum absolute atomic E-state index is 0.416. The molecule has 0 amide bonds. The first-order valence-corrected chi connectivity index (χ1v) is 5.37. The molecular formula is C10H18N4. The Kier molecular flexibility index (Phi) is 2.54. The van der Waals surface area contributed by atoms with Gasteiger partial charge in [-0.15, -0.1) is 10.2 Å². The van der Waals surface area contributed by atoms with Gasteiger partial charge in [0.2, 0.25) is 0 Å². The molecule has 14 heavy (non-hydrogen) atoms. The number of nitrogens with zero attached hydrogens (tertiary/aromatic N) is 3. The molecule has 2 rings (SSSR count). The van der Waals surface area contributed by atoms with Gasteiger partial charge < -0.3 is 10.3 Å². The van der Waals surface area contributed by atoms with Gasteiger partial charge in [-0.3, -0.25) is 0 Å². The molecule has 0 aromatic carbocycles. The molecule has 78 valence electrons. The zero-order chi connectivity index (χ0) is 10.1. The highest BCUT2D eigenvalue weighted by Crippen LogP contribution is 2.36. The molecule has 2 N–H and O–H groups in total. The largest absolute Gasteiger partial charge is 0.324 e. The van der Waals surface area contributed by atoms with Gasteiger partial charge in [-0.2, -0.15) is 0 Å². The van der Waals surface area contributed by atoms with Gasteiger partial charge in [0.05, 0.1) is 6.54 Å². The van der Waals surface area contributed by atoms with E-state index in [1.807, 2.05) is 0 Å². The van der Waals surface area contributed by atoms with Crippen molar-refractivity contribution in [3.05, 3.63) is 11.6 Å².